The molecule has 0 amide bonds. The molecule has 0 aliphatic carbocycles. The van der Waals surface area contributed by atoms with Crippen molar-refractivity contribution in [2.24, 2.45) is 0 Å². The van der Waals surface area contributed by atoms with Gasteiger partial charge in [-0.2, -0.15) is 0 Å². The van der Waals surface area contributed by atoms with Crippen LogP contribution in [-0.2, 0) is 0 Å². The Labute approximate surface area is 133 Å². The van der Waals surface area contributed by atoms with Gasteiger partial charge in [0.25, 0.3) is 0 Å². The van der Waals surface area contributed by atoms with E-state index in [9.17, 15) is 5.11 Å². The Balaban J connectivity index is 1.77. The molecule has 1 saturated heterocycles. The van der Waals surface area contributed by atoms with Crippen molar-refractivity contribution in [3.05, 3.63) is 28.8 Å². The Kier molecular flexibility index (Phi) is 4.44. The molecular formula is C18H28N2O2. The lowest BCUT2D eigenvalue weighted by Crippen LogP contribution is -2.43. The fraction of sp³-hybridized carbons (Fsp3) is 0.667. The standard InChI is InChI=1S/C18H28N2O2/c1-13-9-14(2)17-15(10-13)16(5-4-8-22-17)19-11-18(21)6-7-20(3)12-18/h9-10,16,19,21H,4-8,11-12H2,1-3H3. The molecule has 0 aromatic heterocycles. The first-order valence-electron chi connectivity index (χ1n) is 8.35. The van der Waals surface area contributed by atoms with Gasteiger partial charge in [-0.1, -0.05) is 17.7 Å². The Hall–Kier alpha value is -1.10. The number of fused-ring (bicyclic) bond motifs is 1. The van der Waals surface area contributed by atoms with Gasteiger partial charge in [-0.15, -0.1) is 0 Å². The Morgan fingerprint density at radius 2 is 2.23 bits per heavy atom. The van der Waals surface area contributed by atoms with Crippen molar-refractivity contribution < 1.29 is 9.84 Å². The molecule has 0 spiro atoms. The molecule has 4 nitrogen and oxygen atoms in total. The van der Waals surface area contributed by atoms with E-state index >= 15 is 0 Å². The zero-order chi connectivity index (χ0) is 15.7. The summed E-state index contributed by atoms with van der Waals surface area (Å²) in [7, 11) is 2.07. The van der Waals surface area contributed by atoms with Gasteiger partial charge >= 0.3 is 0 Å². The van der Waals surface area contributed by atoms with Crippen molar-refractivity contribution in [2.45, 2.75) is 44.8 Å². The maximum Gasteiger partial charge on any atom is 0.126 e. The average molecular weight is 304 g/mol. The number of aryl methyl sites for hydroxylation is 2. The molecule has 2 aliphatic rings. The second-order valence-electron chi connectivity index (χ2n) is 7.14. The first-order chi connectivity index (χ1) is 10.5. The van der Waals surface area contributed by atoms with Crippen LogP contribution in [0.4, 0.5) is 0 Å². The number of β-amino-alcohol motifs (C(OH)–C–C–N with tert-alkyl or cyclic N) is 1. The molecule has 0 bridgehead atoms. The van der Waals surface area contributed by atoms with Crippen LogP contribution in [0.3, 0.4) is 0 Å². The van der Waals surface area contributed by atoms with Crippen LogP contribution in [0, 0.1) is 13.8 Å². The first kappa shape index (κ1) is 15.8. The number of nitrogens with zero attached hydrogens (tertiary/aromatic N) is 1. The van der Waals surface area contributed by atoms with Gasteiger partial charge in [-0.25, -0.2) is 0 Å². The summed E-state index contributed by atoms with van der Waals surface area (Å²) in [4.78, 5) is 2.19. The number of likely N-dealkylation sites (tertiary alicyclic amines) is 1. The summed E-state index contributed by atoms with van der Waals surface area (Å²) in [5, 5.41) is 14.3. The maximum absolute atomic E-state index is 10.7. The quantitative estimate of drug-likeness (QED) is 0.898. The highest BCUT2D eigenvalue weighted by Gasteiger charge is 2.35. The molecule has 1 aromatic carbocycles. The lowest BCUT2D eigenvalue weighted by molar-refractivity contribution is 0.0486. The van der Waals surface area contributed by atoms with Gasteiger partial charge in [0.1, 0.15) is 5.75 Å². The second kappa shape index (κ2) is 6.19. The van der Waals surface area contributed by atoms with Gasteiger partial charge in [0.05, 0.1) is 12.2 Å². The van der Waals surface area contributed by atoms with Crippen molar-refractivity contribution >= 4 is 0 Å². The van der Waals surface area contributed by atoms with Gasteiger partial charge < -0.3 is 20.1 Å². The normalized spacial score (nSPS) is 29.0. The zero-order valence-electron chi connectivity index (χ0n) is 14.0. The Morgan fingerprint density at radius 3 is 2.95 bits per heavy atom. The number of hydrogen-bond donors (Lipinski definition) is 2. The number of benzene rings is 1. The summed E-state index contributed by atoms with van der Waals surface area (Å²) in [5.74, 6) is 1.04. The van der Waals surface area contributed by atoms with Crippen molar-refractivity contribution in [3.8, 4) is 5.75 Å². The van der Waals surface area contributed by atoms with Gasteiger partial charge in [-0.05, 0) is 45.7 Å². The molecular weight excluding hydrogens is 276 g/mol. The Morgan fingerprint density at radius 1 is 1.41 bits per heavy atom. The molecule has 3 rings (SSSR count). The van der Waals surface area contributed by atoms with Crippen LogP contribution in [0.25, 0.3) is 0 Å². The van der Waals surface area contributed by atoms with E-state index in [1.807, 2.05) is 0 Å². The van der Waals surface area contributed by atoms with E-state index in [1.54, 1.807) is 0 Å². The summed E-state index contributed by atoms with van der Waals surface area (Å²) in [6.07, 6.45) is 2.95. The summed E-state index contributed by atoms with van der Waals surface area (Å²) in [6.45, 7) is 7.41. The Bertz CT molecular complexity index is 546. The molecule has 2 unspecified atom stereocenters. The number of aliphatic hydroxyl groups is 1. The second-order valence-corrected chi connectivity index (χ2v) is 7.14. The molecule has 0 saturated carbocycles. The molecule has 2 aliphatic heterocycles. The predicted octanol–water partition coefficient (Wildman–Crippen LogP) is 2.17. The lowest BCUT2D eigenvalue weighted by Gasteiger charge is -2.27. The van der Waals surface area contributed by atoms with Crippen LogP contribution in [0.15, 0.2) is 12.1 Å². The molecule has 1 fully saturated rings. The highest BCUT2D eigenvalue weighted by Crippen LogP contribution is 2.35. The third-order valence-electron chi connectivity index (χ3n) is 4.91. The molecule has 122 valence electrons. The van der Waals surface area contributed by atoms with E-state index < -0.39 is 5.60 Å². The van der Waals surface area contributed by atoms with Crippen molar-refractivity contribution in [3.63, 3.8) is 0 Å². The van der Waals surface area contributed by atoms with Gasteiger partial charge in [0.15, 0.2) is 0 Å². The van der Waals surface area contributed by atoms with Crippen LogP contribution in [-0.4, -0.2) is 48.9 Å². The van der Waals surface area contributed by atoms with Crippen LogP contribution < -0.4 is 10.1 Å². The number of rotatable bonds is 3. The largest absolute Gasteiger partial charge is 0.493 e. The fourth-order valence-corrected chi connectivity index (χ4v) is 3.79. The first-order valence-corrected chi connectivity index (χ1v) is 8.35. The smallest absolute Gasteiger partial charge is 0.126 e. The monoisotopic (exact) mass is 304 g/mol. The summed E-state index contributed by atoms with van der Waals surface area (Å²) in [6, 6.07) is 4.68. The van der Waals surface area contributed by atoms with E-state index in [-0.39, 0.29) is 6.04 Å². The number of likely N-dealkylation sites (N-methyl/N-ethyl adjacent to an activating group) is 1. The van der Waals surface area contributed by atoms with Crippen molar-refractivity contribution in [2.75, 3.05) is 33.3 Å². The number of ether oxygens (including phenoxy) is 1. The van der Waals surface area contributed by atoms with Crippen LogP contribution in [0.5, 0.6) is 5.75 Å². The molecule has 0 radical (unpaired) electrons. The van der Waals surface area contributed by atoms with Crippen molar-refractivity contribution in [1.82, 2.24) is 10.2 Å². The third-order valence-corrected chi connectivity index (χ3v) is 4.91. The van der Waals surface area contributed by atoms with E-state index in [0.717, 1.165) is 44.7 Å². The topological polar surface area (TPSA) is 44.7 Å². The molecule has 4 heteroatoms. The van der Waals surface area contributed by atoms with Gasteiger partial charge in [0.2, 0.25) is 0 Å². The van der Waals surface area contributed by atoms with Crippen LogP contribution in [0.2, 0.25) is 0 Å². The van der Waals surface area contributed by atoms with E-state index in [1.165, 1.54) is 16.7 Å². The number of hydrogen-bond acceptors (Lipinski definition) is 4. The average Bonchev–Trinajstić information content (AvgIpc) is 2.68. The maximum atomic E-state index is 10.7. The highest BCUT2D eigenvalue weighted by atomic mass is 16.5. The zero-order valence-corrected chi connectivity index (χ0v) is 14.0. The molecule has 2 N–H and O–H groups in total. The molecule has 22 heavy (non-hydrogen) atoms. The summed E-state index contributed by atoms with van der Waals surface area (Å²) >= 11 is 0. The fourth-order valence-electron chi connectivity index (χ4n) is 3.79. The highest BCUT2D eigenvalue weighted by molar-refractivity contribution is 5.46. The summed E-state index contributed by atoms with van der Waals surface area (Å²) in [5.41, 5.74) is 3.14. The molecule has 1 aromatic rings. The molecule has 2 heterocycles. The minimum Gasteiger partial charge on any atom is -0.493 e. The van der Waals surface area contributed by atoms with E-state index in [4.69, 9.17) is 4.74 Å². The minimum atomic E-state index is -0.596. The SMILES string of the molecule is Cc1cc(C)c2c(c1)C(NCC1(O)CCN(C)C1)CCCO2. The predicted molar refractivity (Wildman–Crippen MR) is 88.5 cm³/mol. The summed E-state index contributed by atoms with van der Waals surface area (Å²) < 4.78 is 5.97. The van der Waals surface area contributed by atoms with Gasteiger partial charge in [0, 0.05) is 31.2 Å². The van der Waals surface area contributed by atoms with Crippen LogP contribution in [0.1, 0.15) is 42.0 Å². The van der Waals surface area contributed by atoms with Crippen molar-refractivity contribution in [1.29, 1.82) is 0 Å². The molecule has 2 atom stereocenters. The van der Waals surface area contributed by atoms with Gasteiger partial charge in [-0.3, -0.25) is 0 Å². The number of nitrogens with one attached hydrogen (secondary N) is 1. The van der Waals surface area contributed by atoms with E-state index in [0.29, 0.717) is 6.54 Å². The lowest BCUT2D eigenvalue weighted by atomic mass is 9.96. The third kappa shape index (κ3) is 3.29. The van der Waals surface area contributed by atoms with E-state index in [2.05, 4.69) is 43.2 Å². The van der Waals surface area contributed by atoms with Crippen LogP contribution >= 0.6 is 0 Å². The minimum absolute atomic E-state index is 0.269.